The highest BCUT2D eigenvalue weighted by Gasteiger charge is 2.21. The van der Waals surface area contributed by atoms with Gasteiger partial charge < -0.3 is 4.90 Å². The summed E-state index contributed by atoms with van der Waals surface area (Å²) in [6, 6.07) is 16.1. The summed E-state index contributed by atoms with van der Waals surface area (Å²) >= 11 is 17.8. The van der Waals surface area contributed by atoms with Crippen molar-refractivity contribution >= 4 is 40.4 Å². The van der Waals surface area contributed by atoms with E-state index in [1.165, 1.54) is 5.56 Å². The van der Waals surface area contributed by atoms with Crippen LogP contribution >= 0.6 is 35.4 Å². The molecule has 3 rings (SSSR count). The fourth-order valence-electron chi connectivity index (χ4n) is 2.78. The van der Waals surface area contributed by atoms with Crippen molar-refractivity contribution < 1.29 is 0 Å². The SMILES string of the molecule is S=C(c1ccc(Cl)cc1Cl)N1CCN(Cc2ccccc2)CC1. The Hall–Kier alpha value is -1.13. The van der Waals surface area contributed by atoms with Crippen LogP contribution in [0.5, 0.6) is 0 Å². The maximum atomic E-state index is 6.27. The lowest BCUT2D eigenvalue weighted by Crippen LogP contribution is -2.48. The summed E-state index contributed by atoms with van der Waals surface area (Å²) in [7, 11) is 0. The van der Waals surface area contributed by atoms with Gasteiger partial charge in [0.25, 0.3) is 0 Å². The molecule has 1 fully saturated rings. The summed E-state index contributed by atoms with van der Waals surface area (Å²) in [5.41, 5.74) is 2.24. The van der Waals surface area contributed by atoms with Gasteiger partial charge in [-0.2, -0.15) is 0 Å². The molecule has 0 unspecified atom stereocenters. The molecule has 1 aliphatic heterocycles. The molecule has 0 N–H and O–H groups in total. The highest BCUT2D eigenvalue weighted by molar-refractivity contribution is 7.80. The summed E-state index contributed by atoms with van der Waals surface area (Å²) in [6.45, 7) is 4.83. The van der Waals surface area contributed by atoms with Crippen LogP contribution in [-0.4, -0.2) is 41.0 Å². The Bertz CT molecular complexity index is 683. The minimum absolute atomic E-state index is 0.620. The van der Waals surface area contributed by atoms with Gasteiger partial charge in [0, 0.05) is 43.3 Å². The Kier molecular flexibility index (Phi) is 5.54. The number of benzene rings is 2. The largest absolute Gasteiger partial charge is 0.360 e. The summed E-state index contributed by atoms with van der Waals surface area (Å²) in [6.07, 6.45) is 0. The van der Waals surface area contributed by atoms with Gasteiger partial charge in [-0.1, -0.05) is 65.8 Å². The highest BCUT2D eigenvalue weighted by atomic mass is 35.5. The molecule has 2 aromatic carbocycles. The molecule has 0 aromatic heterocycles. The fraction of sp³-hybridized carbons (Fsp3) is 0.278. The second-order valence-corrected chi connectivity index (χ2v) is 6.91. The molecule has 120 valence electrons. The predicted octanol–water partition coefficient (Wildman–Crippen LogP) is 4.49. The number of rotatable bonds is 3. The molecule has 0 amide bonds. The number of halogens is 2. The zero-order chi connectivity index (χ0) is 16.2. The van der Waals surface area contributed by atoms with E-state index < -0.39 is 0 Å². The van der Waals surface area contributed by atoms with Crippen LogP contribution < -0.4 is 0 Å². The van der Waals surface area contributed by atoms with E-state index in [4.69, 9.17) is 35.4 Å². The normalized spacial score (nSPS) is 15.7. The molecule has 0 radical (unpaired) electrons. The van der Waals surface area contributed by atoms with Crippen molar-refractivity contribution in [3.05, 3.63) is 69.7 Å². The Morgan fingerprint density at radius 1 is 0.957 bits per heavy atom. The van der Waals surface area contributed by atoms with E-state index in [9.17, 15) is 0 Å². The van der Waals surface area contributed by atoms with Crippen molar-refractivity contribution in [3.63, 3.8) is 0 Å². The summed E-state index contributed by atoms with van der Waals surface area (Å²) < 4.78 is 0. The van der Waals surface area contributed by atoms with Crippen molar-refractivity contribution in [2.24, 2.45) is 0 Å². The minimum atomic E-state index is 0.620. The lowest BCUT2D eigenvalue weighted by Gasteiger charge is -2.36. The Morgan fingerprint density at radius 3 is 2.30 bits per heavy atom. The van der Waals surface area contributed by atoms with Crippen LogP contribution in [0.25, 0.3) is 0 Å². The number of piperazine rings is 1. The third-order valence-corrected chi connectivity index (χ3v) is 5.10. The summed E-state index contributed by atoms with van der Waals surface area (Å²) in [5.74, 6) is 0. The monoisotopic (exact) mass is 364 g/mol. The van der Waals surface area contributed by atoms with Gasteiger partial charge in [0.1, 0.15) is 4.99 Å². The van der Waals surface area contributed by atoms with Gasteiger partial charge in [-0.05, 0) is 23.8 Å². The van der Waals surface area contributed by atoms with E-state index in [1.807, 2.05) is 12.1 Å². The first-order chi connectivity index (χ1) is 11.1. The number of nitrogens with zero attached hydrogens (tertiary/aromatic N) is 2. The maximum absolute atomic E-state index is 6.27. The second kappa shape index (κ2) is 7.63. The van der Waals surface area contributed by atoms with Gasteiger partial charge in [-0.25, -0.2) is 0 Å². The topological polar surface area (TPSA) is 6.48 Å². The molecule has 1 saturated heterocycles. The average Bonchev–Trinajstić information content (AvgIpc) is 2.56. The van der Waals surface area contributed by atoms with Gasteiger partial charge in [0.2, 0.25) is 0 Å². The van der Waals surface area contributed by atoms with Crippen LogP contribution in [-0.2, 0) is 6.54 Å². The maximum Gasteiger partial charge on any atom is 0.110 e. The molecular weight excluding hydrogens is 347 g/mol. The van der Waals surface area contributed by atoms with Crippen molar-refractivity contribution in [2.75, 3.05) is 26.2 Å². The van der Waals surface area contributed by atoms with E-state index in [1.54, 1.807) is 6.07 Å². The summed E-state index contributed by atoms with van der Waals surface area (Å²) in [4.78, 5) is 5.50. The number of thiocarbonyl (C=S) groups is 1. The van der Waals surface area contributed by atoms with Crippen LogP contribution in [0.2, 0.25) is 10.0 Å². The third kappa shape index (κ3) is 4.24. The quantitative estimate of drug-likeness (QED) is 0.741. The smallest absolute Gasteiger partial charge is 0.110 e. The van der Waals surface area contributed by atoms with Crippen molar-refractivity contribution in [1.82, 2.24) is 9.80 Å². The molecule has 1 heterocycles. The van der Waals surface area contributed by atoms with E-state index in [-0.39, 0.29) is 0 Å². The Morgan fingerprint density at radius 2 is 1.65 bits per heavy atom. The van der Waals surface area contributed by atoms with Crippen molar-refractivity contribution in [1.29, 1.82) is 0 Å². The van der Waals surface area contributed by atoms with Gasteiger partial charge in [0.05, 0.1) is 5.02 Å². The Balaban J connectivity index is 1.59. The first kappa shape index (κ1) is 16.7. The average molecular weight is 365 g/mol. The molecule has 0 spiro atoms. The van der Waals surface area contributed by atoms with Gasteiger partial charge in [-0.15, -0.1) is 0 Å². The standard InChI is InChI=1S/C18H18Cl2N2S/c19-15-6-7-16(17(20)12-15)18(23)22-10-8-21(9-11-22)13-14-4-2-1-3-5-14/h1-7,12H,8-11,13H2. The molecule has 0 atom stereocenters. The van der Waals surface area contributed by atoms with Crippen LogP contribution in [0.1, 0.15) is 11.1 Å². The van der Waals surface area contributed by atoms with Gasteiger partial charge >= 0.3 is 0 Å². The predicted molar refractivity (Wildman–Crippen MR) is 101 cm³/mol. The van der Waals surface area contributed by atoms with Crippen molar-refractivity contribution in [3.8, 4) is 0 Å². The fourth-order valence-corrected chi connectivity index (χ4v) is 3.70. The van der Waals surface area contributed by atoms with Crippen LogP contribution in [0, 0.1) is 0 Å². The van der Waals surface area contributed by atoms with E-state index >= 15 is 0 Å². The zero-order valence-electron chi connectivity index (χ0n) is 12.7. The van der Waals surface area contributed by atoms with Gasteiger partial charge in [-0.3, -0.25) is 4.90 Å². The van der Waals surface area contributed by atoms with E-state index in [0.29, 0.717) is 10.0 Å². The van der Waals surface area contributed by atoms with Crippen LogP contribution in [0.3, 0.4) is 0 Å². The first-order valence-electron chi connectivity index (χ1n) is 7.64. The second-order valence-electron chi connectivity index (χ2n) is 5.68. The molecule has 2 nitrogen and oxygen atoms in total. The molecule has 1 aliphatic rings. The lowest BCUT2D eigenvalue weighted by atomic mass is 10.1. The lowest BCUT2D eigenvalue weighted by molar-refractivity contribution is 0.177. The molecule has 5 heteroatoms. The minimum Gasteiger partial charge on any atom is -0.360 e. The molecule has 2 aromatic rings. The molecule has 0 saturated carbocycles. The van der Waals surface area contributed by atoms with Gasteiger partial charge in [0.15, 0.2) is 0 Å². The number of hydrogen-bond acceptors (Lipinski definition) is 2. The molecular formula is C18H18Cl2N2S. The third-order valence-electron chi connectivity index (χ3n) is 4.07. The first-order valence-corrected chi connectivity index (χ1v) is 8.80. The van der Waals surface area contributed by atoms with Crippen LogP contribution in [0.4, 0.5) is 0 Å². The Labute approximate surface area is 152 Å². The van der Waals surface area contributed by atoms with E-state index in [0.717, 1.165) is 43.3 Å². The highest BCUT2D eigenvalue weighted by Crippen LogP contribution is 2.23. The van der Waals surface area contributed by atoms with Crippen molar-refractivity contribution in [2.45, 2.75) is 6.54 Å². The summed E-state index contributed by atoms with van der Waals surface area (Å²) in [5, 5.41) is 1.25. The molecule has 0 aliphatic carbocycles. The van der Waals surface area contributed by atoms with E-state index in [2.05, 4.69) is 40.1 Å². The molecule has 0 bridgehead atoms. The zero-order valence-corrected chi connectivity index (χ0v) is 15.0. The van der Waals surface area contributed by atoms with Crippen LogP contribution in [0.15, 0.2) is 48.5 Å². The molecule has 23 heavy (non-hydrogen) atoms. The number of hydrogen-bond donors (Lipinski definition) is 0.